The first-order valence-corrected chi connectivity index (χ1v) is 7.54. The Kier molecular flexibility index (Phi) is 4.92. The SMILES string of the molecule is CC(NCCc1ccc(F)cc1)c1cc(Br)cs1. The van der Waals surface area contributed by atoms with Gasteiger partial charge in [-0.3, -0.25) is 0 Å². The molecular formula is C14H15BrFNS. The molecule has 0 amide bonds. The summed E-state index contributed by atoms with van der Waals surface area (Å²) in [6.45, 7) is 3.05. The predicted molar refractivity (Wildman–Crippen MR) is 78.5 cm³/mol. The molecule has 96 valence electrons. The Hall–Kier alpha value is -0.710. The largest absolute Gasteiger partial charge is 0.309 e. The Balaban J connectivity index is 1.80. The lowest BCUT2D eigenvalue weighted by Gasteiger charge is -2.11. The Morgan fingerprint density at radius 3 is 2.67 bits per heavy atom. The van der Waals surface area contributed by atoms with Gasteiger partial charge in [-0.2, -0.15) is 0 Å². The normalized spacial score (nSPS) is 12.6. The molecule has 1 unspecified atom stereocenters. The molecule has 0 bridgehead atoms. The van der Waals surface area contributed by atoms with Crippen molar-refractivity contribution in [2.24, 2.45) is 0 Å². The molecule has 0 aliphatic carbocycles. The third kappa shape index (κ3) is 3.90. The van der Waals surface area contributed by atoms with Crippen LogP contribution in [0.15, 0.2) is 40.2 Å². The second-order valence-corrected chi connectivity index (χ2v) is 6.08. The van der Waals surface area contributed by atoms with E-state index in [1.807, 2.05) is 12.1 Å². The highest BCUT2D eigenvalue weighted by molar-refractivity contribution is 9.10. The molecule has 18 heavy (non-hydrogen) atoms. The zero-order chi connectivity index (χ0) is 13.0. The summed E-state index contributed by atoms with van der Waals surface area (Å²) in [5.74, 6) is -0.177. The highest BCUT2D eigenvalue weighted by Gasteiger charge is 2.06. The lowest BCUT2D eigenvalue weighted by molar-refractivity contribution is 0.583. The van der Waals surface area contributed by atoms with E-state index in [4.69, 9.17) is 0 Å². The van der Waals surface area contributed by atoms with Gasteiger partial charge in [-0.1, -0.05) is 12.1 Å². The maximum atomic E-state index is 12.7. The van der Waals surface area contributed by atoms with E-state index in [0.29, 0.717) is 6.04 Å². The Bertz CT molecular complexity index is 495. The molecule has 0 saturated heterocycles. The quantitative estimate of drug-likeness (QED) is 0.849. The summed E-state index contributed by atoms with van der Waals surface area (Å²) in [5.41, 5.74) is 1.16. The van der Waals surface area contributed by atoms with Crippen molar-refractivity contribution in [2.75, 3.05) is 6.54 Å². The zero-order valence-electron chi connectivity index (χ0n) is 10.1. The van der Waals surface area contributed by atoms with Gasteiger partial charge in [-0.25, -0.2) is 4.39 Å². The second kappa shape index (κ2) is 6.45. The maximum Gasteiger partial charge on any atom is 0.123 e. The van der Waals surface area contributed by atoms with Gasteiger partial charge in [0.25, 0.3) is 0 Å². The van der Waals surface area contributed by atoms with E-state index < -0.39 is 0 Å². The van der Waals surface area contributed by atoms with Crippen molar-refractivity contribution in [1.29, 1.82) is 0 Å². The molecule has 1 atom stereocenters. The lowest BCUT2D eigenvalue weighted by Crippen LogP contribution is -2.20. The molecule has 1 aromatic heterocycles. The number of benzene rings is 1. The first-order valence-electron chi connectivity index (χ1n) is 5.87. The molecule has 2 rings (SSSR count). The first-order chi connectivity index (χ1) is 8.65. The van der Waals surface area contributed by atoms with Crippen LogP contribution in [-0.4, -0.2) is 6.54 Å². The van der Waals surface area contributed by atoms with Crippen LogP contribution in [0.3, 0.4) is 0 Å². The van der Waals surface area contributed by atoms with Gasteiger partial charge in [-0.05, 0) is 59.6 Å². The molecule has 0 fully saturated rings. The Morgan fingerprint density at radius 1 is 1.33 bits per heavy atom. The molecule has 4 heteroatoms. The fourth-order valence-electron chi connectivity index (χ4n) is 1.74. The van der Waals surface area contributed by atoms with Crippen LogP contribution < -0.4 is 5.32 Å². The average molecular weight is 328 g/mol. The molecule has 1 aromatic carbocycles. The van der Waals surface area contributed by atoms with Crippen molar-refractivity contribution < 1.29 is 4.39 Å². The van der Waals surface area contributed by atoms with Gasteiger partial charge >= 0.3 is 0 Å². The summed E-state index contributed by atoms with van der Waals surface area (Å²) in [4.78, 5) is 1.32. The van der Waals surface area contributed by atoms with Gasteiger partial charge < -0.3 is 5.32 Å². The van der Waals surface area contributed by atoms with Gasteiger partial charge in [-0.15, -0.1) is 11.3 Å². The van der Waals surface area contributed by atoms with E-state index in [-0.39, 0.29) is 5.82 Å². The van der Waals surface area contributed by atoms with Gasteiger partial charge in [0, 0.05) is 20.8 Å². The minimum Gasteiger partial charge on any atom is -0.309 e. The molecule has 0 aliphatic rings. The van der Waals surface area contributed by atoms with Crippen LogP contribution >= 0.6 is 27.3 Å². The third-order valence-corrected chi connectivity index (χ3v) is 4.67. The smallest absolute Gasteiger partial charge is 0.123 e. The Morgan fingerprint density at radius 2 is 2.06 bits per heavy atom. The van der Waals surface area contributed by atoms with E-state index in [0.717, 1.165) is 23.0 Å². The predicted octanol–water partition coefficient (Wildman–Crippen LogP) is 4.54. The molecule has 1 nitrogen and oxygen atoms in total. The summed E-state index contributed by atoms with van der Waals surface area (Å²) in [5, 5.41) is 5.56. The van der Waals surface area contributed by atoms with Crippen molar-refractivity contribution >= 4 is 27.3 Å². The number of thiophene rings is 1. The second-order valence-electron chi connectivity index (χ2n) is 4.22. The molecule has 1 N–H and O–H groups in total. The van der Waals surface area contributed by atoms with Crippen molar-refractivity contribution in [2.45, 2.75) is 19.4 Å². The maximum absolute atomic E-state index is 12.7. The fraction of sp³-hybridized carbons (Fsp3) is 0.286. The van der Waals surface area contributed by atoms with Gasteiger partial charge in [0.2, 0.25) is 0 Å². The van der Waals surface area contributed by atoms with Crippen molar-refractivity contribution in [3.63, 3.8) is 0 Å². The number of nitrogens with one attached hydrogen (secondary N) is 1. The summed E-state index contributed by atoms with van der Waals surface area (Å²) >= 11 is 5.21. The van der Waals surface area contributed by atoms with E-state index in [1.54, 1.807) is 11.3 Å². The van der Waals surface area contributed by atoms with Crippen molar-refractivity contribution in [3.8, 4) is 0 Å². The van der Waals surface area contributed by atoms with Crippen molar-refractivity contribution in [1.82, 2.24) is 5.32 Å². The molecule has 1 heterocycles. The molecule has 0 saturated carbocycles. The van der Waals surface area contributed by atoms with Gasteiger partial charge in [0.05, 0.1) is 0 Å². The van der Waals surface area contributed by atoms with Crippen LogP contribution in [0.25, 0.3) is 0 Å². The van der Waals surface area contributed by atoms with Crippen LogP contribution in [0.4, 0.5) is 4.39 Å². The van der Waals surface area contributed by atoms with Crippen LogP contribution in [0.2, 0.25) is 0 Å². The minimum atomic E-state index is -0.177. The fourth-order valence-corrected chi connectivity index (χ4v) is 3.22. The standard InChI is InChI=1S/C14H15BrFNS/c1-10(14-8-12(15)9-18-14)17-7-6-11-2-4-13(16)5-3-11/h2-5,8-10,17H,6-7H2,1H3. The Labute approximate surface area is 119 Å². The number of halogens is 2. The lowest BCUT2D eigenvalue weighted by atomic mass is 10.1. The van der Waals surface area contributed by atoms with Crippen LogP contribution in [0.5, 0.6) is 0 Å². The number of rotatable bonds is 5. The first kappa shape index (κ1) is 13.7. The van der Waals surface area contributed by atoms with Crippen molar-refractivity contribution in [3.05, 3.63) is 56.4 Å². The molecule has 0 radical (unpaired) electrons. The molecule has 0 aliphatic heterocycles. The molecule has 2 aromatic rings. The van der Waals surface area contributed by atoms with E-state index in [9.17, 15) is 4.39 Å². The van der Waals surface area contributed by atoms with E-state index >= 15 is 0 Å². The van der Waals surface area contributed by atoms with Crippen LogP contribution in [-0.2, 0) is 6.42 Å². The van der Waals surface area contributed by atoms with E-state index in [1.165, 1.54) is 17.0 Å². The number of hydrogen-bond acceptors (Lipinski definition) is 2. The summed E-state index contributed by atoms with van der Waals surface area (Å²) < 4.78 is 13.9. The van der Waals surface area contributed by atoms with Crippen LogP contribution in [0, 0.1) is 5.82 Å². The molecule has 0 spiro atoms. The van der Waals surface area contributed by atoms with Gasteiger partial charge in [0.1, 0.15) is 5.82 Å². The summed E-state index contributed by atoms with van der Waals surface area (Å²) in [6, 6.07) is 9.18. The zero-order valence-corrected chi connectivity index (χ0v) is 12.5. The molecular weight excluding hydrogens is 313 g/mol. The summed E-state index contributed by atoms with van der Waals surface area (Å²) in [6.07, 6.45) is 0.914. The van der Waals surface area contributed by atoms with Crippen LogP contribution in [0.1, 0.15) is 23.4 Å². The summed E-state index contributed by atoms with van der Waals surface area (Å²) in [7, 11) is 0. The van der Waals surface area contributed by atoms with E-state index in [2.05, 4.69) is 39.6 Å². The highest BCUT2D eigenvalue weighted by Crippen LogP contribution is 2.25. The monoisotopic (exact) mass is 327 g/mol. The topological polar surface area (TPSA) is 12.0 Å². The third-order valence-electron chi connectivity index (χ3n) is 2.79. The number of hydrogen-bond donors (Lipinski definition) is 1. The average Bonchev–Trinajstić information content (AvgIpc) is 2.78. The minimum absolute atomic E-state index is 0.177. The van der Waals surface area contributed by atoms with Gasteiger partial charge in [0.15, 0.2) is 0 Å². The highest BCUT2D eigenvalue weighted by atomic mass is 79.9.